The topological polar surface area (TPSA) is 49.4 Å². The smallest absolute Gasteiger partial charge is 0.273 e. The Labute approximate surface area is 126 Å². The Morgan fingerprint density at radius 1 is 1.05 bits per heavy atom. The van der Waals surface area contributed by atoms with Crippen LogP contribution in [0.3, 0.4) is 0 Å². The molecular formula is C15H13FN2O2S. The predicted octanol–water partition coefficient (Wildman–Crippen LogP) is 3.31. The highest BCUT2D eigenvalue weighted by Gasteiger charge is 2.15. The van der Waals surface area contributed by atoms with Crippen LogP contribution in [0.15, 0.2) is 59.5 Å². The fourth-order valence-electron chi connectivity index (χ4n) is 1.53. The molecule has 0 radical (unpaired) electrons. The Balaban J connectivity index is 1.94. The van der Waals surface area contributed by atoms with E-state index in [1.165, 1.54) is 40.5 Å². The van der Waals surface area contributed by atoms with E-state index in [2.05, 4.69) is 5.32 Å². The van der Waals surface area contributed by atoms with Crippen molar-refractivity contribution in [2.45, 2.75) is 4.90 Å². The van der Waals surface area contributed by atoms with Crippen LogP contribution in [0, 0.1) is 5.82 Å². The van der Waals surface area contributed by atoms with Crippen LogP contribution in [0.1, 0.15) is 10.4 Å². The van der Waals surface area contributed by atoms with Crippen LogP contribution in [0.2, 0.25) is 0 Å². The first-order valence-electron chi connectivity index (χ1n) is 6.14. The molecule has 0 atom stereocenters. The van der Waals surface area contributed by atoms with Gasteiger partial charge < -0.3 is 0 Å². The summed E-state index contributed by atoms with van der Waals surface area (Å²) in [5, 5.41) is 2.24. The van der Waals surface area contributed by atoms with E-state index in [0.29, 0.717) is 0 Å². The van der Waals surface area contributed by atoms with Crippen molar-refractivity contribution < 1.29 is 14.0 Å². The highest BCUT2D eigenvalue weighted by Crippen LogP contribution is 2.20. The zero-order valence-electron chi connectivity index (χ0n) is 11.2. The summed E-state index contributed by atoms with van der Waals surface area (Å²) >= 11 is 1.20. The van der Waals surface area contributed by atoms with Crippen molar-refractivity contribution in [3.63, 3.8) is 0 Å². The van der Waals surface area contributed by atoms with Gasteiger partial charge in [0.15, 0.2) is 0 Å². The lowest BCUT2D eigenvalue weighted by atomic mass is 10.2. The van der Waals surface area contributed by atoms with E-state index in [1.54, 1.807) is 7.05 Å². The lowest BCUT2D eigenvalue weighted by Gasteiger charge is -2.15. The molecule has 0 unspecified atom stereocenters. The summed E-state index contributed by atoms with van der Waals surface area (Å²) in [5.41, 5.74) is 0.225. The average molecular weight is 304 g/mol. The molecule has 0 aromatic heterocycles. The highest BCUT2D eigenvalue weighted by atomic mass is 32.2. The van der Waals surface area contributed by atoms with Crippen LogP contribution < -0.4 is 5.32 Å². The summed E-state index contributed by atoms with van der Waals surface area (Å²) < 4.78 is 14.1. The molecule has 0 fully saturated rings. The van der Waals surface area contributed by atoms with Crippen molar-refractivity contribution in [1.29, 1.82) is 0 Å². The number of imide groups is 1. The SMILES string of the molecule is CN(Sc1ccccc1)C(=O)NC(=O)c1ccc(F)cc1. The van der Waals surface area contributed by atoms with Crippen molar-refractivity contribution in [3.05, 3.63) is 66.0 Å². The zero-order valence-corrected chi connectivity index (χ0v) is 12.1. The quantitative estimate of drug-likeness (QED) is 0.885. The van der Waals surface area contributed by atoms with Crippen molar-refractivity contribution in [3.8, 4) is 0 Å². The number of rotatable bonds is 3. The fraction of sp³-hybridized carbons (Fsp3) is 0.0667. The van der Waals surface area contributed by atoms with Gasteiger partial charge in [0.1, 0.15) is 5.82 Å². The Morgan fingerprint density at radius 2 is 1.67 bits per heavy atom. The molecule has 6 heteroatoms. The standard InChI is InChI=1S/C15H13FN2O2S/c1-18(21-13-5-3-2-4-6-13)15(20)17-14(19)11-7-9-12(16)10-8-11/h2-10H,1H3,(H,17,19,20). The molecule has 0 saturated heterocycles. The summed E-state index contributed by atoms with van der Waals surface area (Å²) in [6, 6.07) is 13.7. The van der Waals surface area contributed by atoms with Crippen LogP contribution in [0.5, 0.6) is 0 Å². The monoisotopic (exact) mass is 304 g/mol. The molecule has 0 aliphatic rings. The first kappa shape index (κ1) is 15.1. The van der Waals surface area contributed by atoms with Gasteiger partial charge in [-0.3, -0.25) is 14.4 Å². The number of hydrogen-bond donors (Lipinski definition) is 1. The summed E-state index contributed by atoms with van der Waals surface area (Å²) in [6.07, 6.45) is 0. The van der Waals surface area contributed by atoms with E-state index >= 15 is 0 Å². The zero-order chi connectivity index (χ0) is 15.2. The summed E-state index contributed by atoms with van der Waals surface area (Å²) in [6.45, 7) is 0. The molecular weight excluding hydrogens is 291 g/mol. The molecule has 1 N–H and O–H groups in total. The second-order valence-electron chi connectivity index (χ2n) is 4.17. The van der Waals surface area contributed by atoms with Gasteiger partial charge in [-0.1, -0.05) is 18.2 Å². The fourth-order valence-corrected chi connectivity index (χ4v) is 2.25. The Morgan fingerprint density at radius 3 is 2.29 bits per heavy atom. The Hall–Kier alpha value is -2.34. The van der Waals surface area contributed by atoms with Crippen LogP contribution in [-0.2, 0) is 0 Å². The van der Waals surface area contributed by atoms with Gasteiger partial charge in [-0.15, -0.1) is 0 Å². The van der Waals surface area contributed by atoms with Gasteiger partial charge >= 0.3 is 6.03 Å². The normalized spacial score (nSPS) is 10.0. The van der Waals surface area contributed by atoms with Crippen molar-refractivity contribution in [2.24, 2.45) is 0 Å². The number of hydrogen-bond acceptors (Lipinski definition) is 3. The number of nitrogens with zero attached hydrogens (tertiary/aromatic N) is 1. The molecule has 4 nitrogen and oxygen atoms in total. The van der Waals surface area contributed by atoms with E-state index in [9.17, 15) is 14.0 Å². The molecule has 2 aromatic rings. The maximum Gasteiger partial charge on any atom is 0.334 e. The number of halogens is 1. The molecule has 0 aliphatic heterocycles. The van der Waals surface area contributed by atoms with Gasteiger partial charge in [0.05, 0.1) is 0 Å². The molecule has 2 rings (SSSR count). The number of urea groups is 1. The third-order valence-corrected chi connectivity index (χ3v) is 3.52. The Bertz CT molecular complexity index is 632. The molecule has 108 valence electrons. The lowest BCUT2D eigenvalue weighted by Crippen LogP contribution is -2.37. The predicted molar refractivity (Wildman–Crippen MR) is 79.3 cm³/mol. The maximum absolute atomic E-state index is 12.8. The lowest BCUT2D eigenvalue weighted by molar-refractivity contribution is 0.0961. The van der Waals surface area contributed by atoms with E-state index in [0.717, 1.165) is 4.90 Å². The molecule has 0 aliphatic carbocycles. The van der Waals surface area contributed by atoms with Crippen LogP contribution in [0.4, 0.5) is 9.18 Å². The summed E-state index contributed by atoms with van der Waals surface area (Å²) in [7, 11) is 1.56. The van der Waals surface area contributed by atoms with Gasteiger partial charge in [0.25, 0.3) is 5.91 Å². The van der Waals surface area contributed by atoms with Gasteiger partial charge in [-0.05, 0) is 48.3 Å². The number of carbonyl (C=O) groups is 2. The first-order valence-corrected chi connectivity index (χ1v) is 6.91. The molecule has 0 heterocycles. The molecule has 0 saturated carbocycles. The highest BCUT2D eigenvalue weighted by molar-refractivity contribution is 7.97. The third kappa shape index (κ3) is 4.32. The Kier molecular flexibility index (Phi) is 4.94. The second kappa shape index (κ2) is 6.90. The minimum atomic E-state index is -0.569. The summed E-state index contributed by atoms with van der Waals surface area (Å²) in [5.74, 6) is -1.00. The van der Waals surface area contributed by atoms with Crippen molar-refractivity contribution in [2.75, 3.05) is 7.05 Å². The third-order valence-electron chi connectivity index (χ3n) is 2.60. The van der Waals surface area contributed by atoms with Crippen LogP contribution in [-0.4, -0.2) is 23.3 Å². The number of carbonyl (C=O) groups excluding carboxylic acids is 2. The number of benzene rings is 2. The first-order chi connectivity index (χ1) is 10.1. The van der Waals surface area contributed by atoms with E-state index in [-0.39, 0.29) is 5.56 Å². The minimum Gasteiger partial charge on any atom is -0.273 e. The molecule has 3 amide bonds. The van der Waals surface area contributed by atoms with E-state index in [4.69, 9.17) is 0 Å². The van der Waals surface area contributed by atoms with E-state index < -0.39 is 17.8 Å². The maximum atomic E-state index is 12.8. The summed E-state index contributed by atoms with van der Waals surface area (Å²) in [4.78, 5) is 24.6. The number of nitrogens with one attached hydrogen (secondary N) is 1. The molecule has 21 heavy (non-hydrogen) atoms. The number of amides is 3. The van der Waals surface area contributed by atoms with Gasteiger partial charge in [-0.2, -0.15) is 0 Å². The van der Waals surface area contributed by atoms with Gasteiger partial charge in [0.2, 0.25) is 0 Å². The van der Waals surface area contributed by atoms with Crippen molar-refractivity contribution >= 4 is 23.9 Å². The largest absolute Gasteiger partial charge is 0.334 e. The average Bonchev–Trinajstić information content (AvgIpc) is 2.48. The van der Waals surface area contributed by atoms with Gasteiger partial charge in [0, 0.05) is 17.5 Å². The van der Waals surface area contributed by atoms with Crippen molar-refractivity contribution in [1.82, 2.24) is 9.62 Å². The minimum absolute atomic E-state index is 0.225. The van der Waals surface area contributed by atoms with Crippen LogP contribution >= 0.6 is 11.9 Å². The van der Waals surface area contributed by atoms with E-state index in [1.807, 2.05) is 30.3 Å². The molecule has 2 aromatic carbocycles. The molecule has 0 spiro atoms. The van der Waals surface area contributed by atoms with Crippen LogP contribution in [0.25, 0.3) is 0 Å². The second-order valence-corrected chi connectivity index (χ2v) is 5.37. The molecule has 0 bridgehead atoms. The van der Waals surface area contributed by atoms with Gasteiger partial charge in [-0.25, -0.2) is 9.18 Å².